The molecule has 32 heavy (non-hydrogen) atoms. The Morgan fingerprint density at radius 3 is 2.28 bits per heavy atom. The monoisotopic (exact) mass is 443 g/mol. The number of carbonyl (C=O) groups is 3. The van der Waals surface area contributed by atoms with Crippen molar-refractivity contribution in [1.82, 2.24) is 5.32 Å². The van der Waals surface area contributed by atoms with E-state index < -0.39 is 35.9 Å². The molecule has 0 unspecified atom stereocenters. The number of nitrogens with one attached hydrogen (secondary N) is 2. The molecular weight excluding hydrogens is 418 g/mol. The number of ether oxygens (including phenoxy) is 2. The Morgan fingerprint density at radius 1 is 1.06 bits per heavy atom. The topological polar surface area (TPSA) is 137 Å². The zero-order valence-electron chi connectivity index (χ0n) is 18.3. The van der Waals surface area contributed by atoms with Gasteiger partial charge in [0.05, 0.1) is 18.1 Å². The Hall–Kier alpha value is -3.95. The Morgan fingerprint density at radius 2 is 1.72 bits per heavy atom. The molecule has 2 amide bonds. The smallest absolute Gasteiger partial charge is 0.325 e. The number of methoxy groups -OCH3 is 1. The lowest BCUT2D eigenvalue weighted by molar-refractivity contribution is -0.384. The van der Waals surface area contributed by atoms with Gasteiger partial charge in [0.2, 0.25) is 0 Å². The van der Waals surface area contributed by atoms with Crippen LogP contribution in [-0.4, -0.2) is 43.0 Å². The van der Waals surface area contributed by atoms with Gasteiger partial charge in [-0.25, -0.2) is 0 Å². The minimum atomic E-state index is -0.830. The van der Waals surface area contributed by atoms with Crippen LogP contribution in [0.2, 0.25) is 0 Å². The summed E-state index contributed by atoms with van der Waals surface area (Å²) in [4.78, 5) is 46.5. The van der Waals surface area contributed by atoms with Crippen LogP contribution in [0.15, 0.2) is 42.5 Å². The summed E-state index contributed by atoms with van der Waals surface area (Å²) in [6.07, 6.45) is 0. The molecule has 0 aliphatic rings. The minimum absolute atomic E-state index is 0.0500. The maximum Gasteiger partial charge on any atom is 0.325 e. The van der Waals surface area contributed by atoms with Crippen molar-refractivity contribution in [3.63, 3.8) is 0 Å². The van der Waals surface area contributed by atoms with Crippen LogP contribution >= 0.6 is 0 Å². The van der Waals surface area contributed by atoms with Crippen molar-refractivity contribution in [3.8, 4) is 5.75 Å². The number of nitro benzene ring substituents is 1. The summed E-state index contributed by atoms with van der Waals surface area (Å²) in [5.74, 6) is -1.80. The first kappa shape index (κ1) is 24.3. The van der Waals surface area contributed by atoms with Gasteiger partial charge >= 0.3 is 5.97 Å². The van der Waals surface area contributed by atoms with Crippen LogP contribution in [0.4, 0.5) is 11.4 Å². The molecule has 0 bridgehead atoms. The summed E-state index contributed by atoms with van der Waals surface area (Å²) in [7, 11) is 1.36. The highest BCUT2D eigenvalue weighted by atomic mass is 16.6. The third-order valence-electron chi connectivity index (χ3n) is 4.45. The molecule has 0 fully saturated rings. The highest BCUT2D eigenvalue weighted by molar-refractivity contribution is 5.97. The van der Waals surface area contributed by atoms with Gasteiger partial charge in [0.25, 0.3) is 17.5 Å². The lowest BCUT2D eigenvalue weighted by Gasteiger charge is -2.19. The van der Waals surface area contributed by atoms with Gasteiger partial charge in [-0.2, -0.15) is 0 Å². The lowest BCUT2D eigenvalue weighted by atomic mass is 9.87. The molecule has 0 radical (unpaired) electrons. The van der Waals surface area contributed by atoms with Crippen LogP contribution in [0.3, 0.4) is 0 Å². The van der Waals surface area contributed by atoms with Crippen LogP contribution in [0, 0.1) is 10.1 Å². The van der Waals surface area contributed by atoms with Crippen molar-refractivity contribution >= 4 is 29.2 Å². The molecule has 0 aromatic heterocycles. The quantitative estimate of drug-likeness (QED) is 0.364. The molecule has 170 valence electrons. The van der Waals surface area contributed by atoms with Crippen LogP contribution in [0.25, 0.3) is 0 Å². The van der Waals surface area contributed by atoms with E-state index in [4.69, 9.17) is 9.47 Å². The minimum Gasteiger partial charge on any atom is -0.496 e. The summed E-state index contributed by atoms with van der Waals surface area (Å²) in [5, 5.41) is 15.9. The molecule has 0 heterocycles. The number of hydrogen-bond donors (Lipinski definition) is 2. The third-order valence-corrected chi connectivity index (χ3v) is 4.45. The Kier molecular flexibility index (Phi) is 7.89. The average molecular weight is 443 g/mol. The van der Waals surface area contributed by atoms with Gasteiger partial charge in [-0.15, -0.1) is 0 Å². The molecule has 2 rings (SSSR count). The average Bonchev–Trinajstić information content (AvgIpc) is 2.75. The Bertz CT molecular complexity index is 1010. The van der Waals surface area contributed by atoms with E-state index in [0.29, 0.717) is 5.56 Å². The SMILES string of the molecule is COc1ccc(NC(=O)COC(=O)CNC(=O)c2ccc(C(C)(C)C)cc2)c([N+](=O)[O-])c1. The number of esters is 1. The van der Waals surface area contributed by atoms with E-state index in [1.807, 2.05) is 12.1 Å². The van der Waals surface area contributed by atoms with Crippen LogP contribution < -0.4 is 15.4 Å². The predicted octanol–water partition coefficient (Wildman–Crippen LogP) is 2.81. The van der Waals surface area contributed by atoms with Crippen LogP contribution in [0.5, 0.6) is 5.75 Å². The molecule has 0 saturated carbocycles. The van der Waals surface area contributed by atoms with Crippen molar-refractivity contribution in [2.75, 3.05) is 25.6 Å². The normalized spacial score (nSPS) is 10.8. The summed E-state index contributed by atoms with van der Waals surface area (Å²) in [5.41, 5.74) is 0.968. The molecule has 0 aliphatic heterocycles. The van der Waals surface area contributed by atoms with Crippen LogP contribution in [0.1, 0.15) is 36.7 Å². The van der Waals surface area contributed by atoms with E-state index in [1.165, 1.54) is 19.2 Å². The van der Waals surface area contributed by atoms with E-state index in [1.54, 1.807) is 12.1 Å². The number of nitro groups is 1. The van der Waals surface area contributed by atoms with E-state index in [-0.39, 0.29) is 22.5 Å². The van der Waals surface area contributed by atoms with Crippen LogP contribution in [-0.2, 0) is 19.7 Å². The fourth-order valence-corrected chi connectivity index (χ4v) is 2.65. The molecule has 2 aromatic carbocycles. The number of anilines is 1. The van der Waals surface area contributed by atoms with Crippen molar-refractivity contribution < 1.29 is 28.8 Å². The summed E-state index contributed by atoms with van der Waals surface area (Å²) < 4.78 is 9.73. The van der Waals surface area contributed by atoms with Gasteiger partial charge in [-0.05, 0) is 35.2 Å². The first-order chi connectivity index (χ1) is 15.0. The standard InChI is InChI=1S/C22H25N3O7/c1-22(2,3)15-7-5-14(6-8-15)21(28)23-12-20(27)32-13-19(26)24-17-10-9-16(31-4)11-18(17)25(29)30/h5-11H,12-13H2,1-4H3,(H,23,28)(H,24,26). The molecule has 0 saturated heterocycles. The number of rotatable bonds is 8. The van der Waals surface area contributed by atoms with Gasteiger partial charge in [0.15, 0.2) is 6.61 Å². The van der Waals surface area contributed by atoms with E-state index >= 15 is 0 Å². The molecular formula is C22H25N3O7. The van der Waals surface area contributed by atoms with Gasteiger partial charge in [-0.1, -0.05) is 32.9 Å². The maximum atomic E-state index is 12.2. The fourth-order valence-electron chi connectivity index (χ4n) is 2.65. The Balaban J connectivity index is 1.83. The molecule has 0 spiro atoms. The number of amides is 2. The predicted molar refractivity (Wildman–Crippen MR) is 117 cm³/mol. The number of benzene rings is 2. The van der Waals surface area contributed by atoms with Crippen molar-refractivity contribution in [3.05, 3.63) is 63.7 Å². The lowest BCUT2D eigenvalue weighted by Crippen LogP contribution is -2.32. The summed E-state index contributed by atoms with van der Waals surface area (Å²) in [6.45, 7) is 5.07. The summed E-state index contributed by atoms with van der Waals surface area (Å²) in [6, 6.07) is 10.9. The van der Waals surface area contributed by atoms with E-state index in [9.17, 15) is 24.5 Å². The van der Waals surface area contributed by atoms with Gasteiger partial charge < -0.3 is 20.1 Å². The molecule has 0 aliphatic carbocycles. The maximum absolute atomic E-state index is 12.2. The number of hydrogen-bond acceptors (Lipinski definition) is 7. The largest absolute Gasteiger partial charge is 0.496 e. The Labute approximate surface area is 185 Å². The molecule has 10 heteroatoms. The van der Waals surface area contributed by atoms with Gasteiger partial charge in [0, 0.05) is 5.56 Å². The van der Waals surface area contributed by atoms with Crippen molar-refractivity contribution in [2.45, 2.75) is 26.2 Å². The second kappa shape index (κ2) is 10.4. The van der Waals surface area contributed by atoms with Gasteiger partial charge in [-0.3, -0.25) is 24.5 Å². The summed E-state index contributed by atoms with van der Waals surface area (Å²) >= 11 is 0. The van der Waals surface area contributed by atoms with Crippen molar-refractivity contribution in [1.29, 1.82) is 0 Å². The second-order valence-electron chi connectivity index (χ2n) is 7.86. The number of carbonyl (C=O) groups excluding carboxylic acids is 3. The fraction of sp³-hybridized carbons (Fsp3) is 0.318. The number of nitrogens with zero attached hydrogens (tertiary/aromatic N) is 1. The second-order valence-corrected chi connectivity index (χ2v) is 7.86. The first-order valence-electron chi connectivity index (χ1n) is 9.68. The highest BCUT2D eigenvalue weighted by Crippen LogP contribution is 2.28. The van der Waals surface area contributed by atoms with E-state index in [0.717, 1.165) is 11.6 Å². The van der Waals surface area contributed by atoms with Crippen molar-refractivity contribution in [2.24, 2.45) is 0 Å². The molecule has 2 N–H and O–H groups in total. The third kappa shape index (κ3) is 6.79. The zero-order valence-corrected chi connectivity index (χ0v) is 18.3. The van der Waals surface area contributed by atoms with E-state index in [2.05, 4.69) is 31.4 Å². The molecule has 2 aromatic rings. The highest BCUT2D eigenvalue weighted by Gasteiger charge is 2.18. The molecule has 0 atom stereocenters. The first-order valence-corrected chi connectivity index (χ1v) is 9.68. The zero-order chi connectivity index (χ0) is 23.9. The molecule has 10 nitrogen and oxygen atoms in total. The van der Waals surface area contributed by atoms with Gasteiger partial charge in [0.1, 0.15) is 18.0 Å².